The fraction of sp³-hybridized carbons (Fsp3) is 0.524. The molecule has 1 amide bonds. The van der Waals surface area contributed by atoms with Crippen molar-refractivity contribution in [3.8, 4) is 0 Å². The van der Waals surface area contributed by atoms with Gasteiger partial charge in [-0.1, -0.05) is 18.2 Å². The first-order chi connectivity index (χ1) is 14.0. The molecule has 0 spiro atoms. The summed E-state index contributed by atoms with van der Waals surface area (Å²) in [4.78, 5) is 28.4. The standard InChI is InChI=1S/C21H33N5O3/c1-29-20(28)21(8-4-10-22,9-5-11-23)14-26-19(27)17(24)12-15-13-25-18-7-3-2-6-16(15)18/h2-3,6-7,13,17,25H,4-5,8-12,14,22-24H2,1H3,(H,26,27)/t17-/m0/s1. The van der Waals surface area contributed by atoms with E-state index >= 15 is 0 Å². The molecule has 0 radical (unpaired) electrons. The van der Waals surface area contributed by atoms with Gasteiger partial charge in [0.2, 0.25) is 5.91 Å². The predicted molar refractivity (Wildman–Crippen MR) is 114 cm³/mol. The lowest BCUT2D eigenvalue weighted by Crippen LogP contribution is -2.49. The van der Waals surface area contributed by atoms with Crippen LogP contribution in [-0.4, -0.2) is 49.6 Å². The zero-order valence-corrected chi connectivity index (χ0v) is 17.1. The molecule has 0 unspecified atom stereocenters. The number of hydrogen-bond donors (Lipinski definition) is 5. The van der Waals surface area contributed by atoms with Gasteiger partial charge in [-0.15, -0.1) is 0 Å². The molecule has 1 atom stereocenters. The van der Waals surface area contributed by atoms with Gasteiger partial charge in [0, 0.05) is 23.6 Å². The lowest BCUT2D eigenvalue weighted by molar-refractivity contribution is -0.154. The number of hydrogen-bond acceptors (Lipinski definition) is 6. The lowest BCUT2D eigenvalue weighted by Gasteiger charge is -2.31. The van der Waals surface area contributed by atoms with Crippen LogP contribution in [0.2, 0.25) is 0 Å². The maximum absolute atomic E-state index is 12.7. The normalized spacial score (nSPS) is 12.7. The van der Waals surface area contributed by atoms with Gasteiger partial charge >= 0.3 is 5.97 Å². The van der Waals surface area contributed by atoms with Crippen molar-refractivity contribution in [2.75, 3.05) is 26.7 Å². The molecule has 1 aromatic carbocycles. The number of fused-ring (bicyclic) bond motifs is 1. The van der Waals surface area contributed by atoms with E-state index in [9.17, 15) is 9.59 Å². The minimum Gasteiger partial charge on any atom is -0.469 e. The highest BCUT2D eigenvalue weighted by molar-refractivity contribution is 5.86. The van der Waals surface area contributed by atoms with E-state index in [1.54, 1.807) is 0 Å². The molecule has 160 valence electrons. The van der Waals surface area contributed by atoms with Crippen LogP contribution < -0.4 is 22.5 Å². The van der Waals surface area contributed by atoms with Crippen LogP contribution in [0.25, 0.3) is 10.9 Å². The number of para-hydroxylation sites is 1. The zero-order chi connectivity index (χ0) is 21.3. The third-order valence-electron chi connectivity index (χ3n) is 5.39. The summed E-state index contributed by atoms with van der Waals surface area (Å²) in [5, 5.41) is 3.91. The number of methoxy groups -OCH3 is 1. The molecule has 2 aromatic rings. The number of aromatic nitrogens is 1. The fourth-order valence-corrected chi connectivity index (χ4v) is 3.69. The molecule has 2 rings (SSSR count). The molecule has 0 bridgehead atoms. The Morgan fingerprint density at radius 1 is 1.17 bits per heavy atom. The van der Waals surface area contributed by atoms with E-state index in [0.29, 0.717) is 45.2 Å². The van der Waals surface area contributed by atoms with E-state index < -0.39 is 11.5 Å². The molecule has 8 N–H and O–H groups in total. The van der Waals surface area contributed by atoms with E-state index in [1.807, 2.05) is 30.5 Å². The Balaban J connectivity index is 2.06. The quantitative estimate of drug-likeness (QED) is 0.331. The summed E-state index contributed by atoms with van der Waals surface area (Å²) in [6.45, 7) is 1.06. The number of aromatic amines is 1. The van der Waals surface area contributed by atoms with Crippen molar-refractivity contribution in [2.24, 2.45) is 22.6 Å². The second-order valence-electron chi connectivity index (χ2n) is 7.44. The van der Waals surface area contributed by atoms with Gasteiger partial charge in [-0.3, -0.25) is 9.59 Å². The average molecular weight is 404 g/mol. The third-order valence-corrected chi connectivity index (χ3v) is 5.39. The first-order valence-electron chi connectivity index (χ1n) is 10.0. The number of esters is 1. The largest absolute Gasteiger partial charge is 0.469 e. The Morgan fingerprint density at radius 2 is 1.83 bits per heavy atom. The molecule has 1 heterocycles. The average Bonchev–Trinajstić information content (AvgIpc) is 3.15. The molecule has 0 aliphatic carbocycles. The Labute approximate surface area is 171 Å². The molecule has 0 saturated heterocycles. The van der Waals surface area contributed by atoms with Gasteiger partial charge < -0.3 is 32.2 Å². The van der Waals surface area contributed by atoms with Crippen molar-refractivity contribution in [1.82, 2.24) is 10.3 Å². The number of H-pyrrole nitrogens is 1. The minimum atomic E-state index is -0.844. The number of amides is 1. The Kier molecular flexibility index (Phi) is 8.63. The Bertz CT molecular complexity index is 796. The summed E-state index contributed by atoms with van der Waals surface area (Å²) >= 11 is 0. The van der Waals surface area contributed by atoms with Gasteiger partial charge in [0.05, 0.1) is 18.6 Å². The summed E-state index contributed by atoms with van der Waals surface area (Å²) in [6.07, 6.45) is 4.61. The number of nitrogens with one attached hydrogen (secondary N) is 2. The van der Waals surface area contributed by atoms with Gasteiger partial charge in [0.1, 0.15) is 0 Å². The van der Waals surface area contributed by atoms with E-state index in [0.717, 1.165) is 16.5 Å². The van der Waals surface area contributed by atoms with Crippen molar-refractivity contribution >= 4 is 22.8 Å². The number of carbonyl (C=O) groups excluding carboxylic acids is 2. The molecule has 0 saturated carbocycles. The van der Waals surface area contributed by atoms with Crippen LogP contribution in [0.1, 0.15) is 31.2 Å². The Hall–Kier alpha value is -2.42. The number of carbonyl (C=O) groups is 2. The van der Waals surface area contributed by atoms with Crippen LogP contribution in [0.5, 0.6) is 0 Å². The second kappa shape index (κ2) is 10.9. The highest BCUT2D eigenvalue weighted by Crippen LogP contribution is 2.31. The maximum atomic E-state index is 12.7. The van der Waals surface area contributed by atoms with Crippen LogP contribution in [0.15, 0.2) is 30.5 Å². The molecule has 8 nitrogen and oxygen atoms in total. The molecule has 0 fully saturated rings. The maximum Gasteiger partial charge on any atom is 0.313 e. The molecular weight excluding hydrogens is 370 g/mol. The number of rotatable bonds is 12. The van der Waals surface area contributed by atoms with E-state index in [1.165, 1.54) is 7.11 Å². The summed E-state index contributed by atoms with van der Waals surface area (Å²) in [6, 6.07) is 7.14. The van der Waals surface area contributed by atoms with E-state index in [4.69, 9.17) is 21.9 Å². The van der Waals surface area contributed by atoms with Gasteiger partial charge in [-0.25, -0.2) is 0 Å². The fourth-order valence-electron chi connectivity index (χ4n) is 3.69. The van der Waals surface area contributed by atoms with Crippen LogP contribution >= 0.6 is 0 Å². The van der Waals surface area contributed by atoms with Gasteiger partial charge in [0.25, 0.3) is 0 Å². The number of benzene rings is 1. The van der Waals surface area contributed by atoms with Gasteiger partial charge in [0.15, 0.2) is 0 Å². The number of ether oxygens (including phenoxy) is 1. The summed E-state index contributed by atoms with van der Waals surface area (Å²) < 4.78 is 5.03. The summed E-state index contributed by atoms with van der Waals surface area (Å²) in [7, 11) is 1.35. The second-order valence-corrected chi connectivity index (χ2v) is 7.44. The molecule has 1 aromatic heterocycles. The number of nitrogens with two attached hydrogens (primary N) is 3. The molecular formula is C21H33N5O3. The van der Waals surface area contributed by atoms with Crippen LogP contribution in [0, 0.1) is 5.41 Å². The zero-order valence-electron chi connectivity index (χ0n) is 17.1. The third kappa shape index (κ3) is 5.79. The predicted octanol–water partition coefficient (Wildman–Crippen LogP) is 0.791. The summed E-state index contributed by atoms with van der Waals surface area (Å²) in [5.74, 6) is -0.658. The van der Waals surface area contributed by atoms with Crippen molar-refractivity contribution in [2.45, 2.75) is 38.1 Å². The van der Waals surface area contributed by atoms with E-state index in [2.05, 4.69) is 10.3 Å². The first-order valence-corrected chi connectivity index (χ1v) is 10.0. The SMILES string of the molecule is COC(=O)C(CCCN)(CCCN)CNC(=O)[C@@H](N)Cc1c[nH]c2ccccc12. The molecule has 0 aliphatic rings. The highest BCUT2D eigenvalue weighted by Gasteiger charge is 2.39. The monoisotopic (exact) mass is 403 g/mol. The Morgan fingerprint density at radius 3 is 2.45 bits per heavy atom. The van der Waals surface area contributed by atoms with Crippen molar-refractivity contribution in [3.05, 3.63) is 36.0 Å². The molecule has 0 aliphatic heterocycles. The van der Waals surface area contributed by atoms with E-state index in [-0.39, 0.29) is 18.4 Å². The lowest BCUT2D eigenvalue weighted by atomic mass is 9.78. The minimum absolute atomic E-state index is 0.153. The van der Waals surface area contributed by atoms with Crippen LogP contribution in [-0.2, 0) is 20.7 Å². The first kappa shape index (κ1) is 22.9. The molecule has 29 heavy (non-hydrogen) atoms. The molecule has 8 heteroatoms. The highest BCUT2D eigenvalue weighted by atomic mass is 16.5. The van der Waals surface area contributed by atoms with Gasteiger partial charge in [-0.2, -0.15) is 0 Å². The van der Waals surface area contributed by atoms with Crippen LogP contribution in [0.4, 0.5) is 0 Å². The smallest absolute Gasteiger partial charge is 0.313 e. The van der Waals surface area contributed by atoms with Crippen molar-refractivity contribution in [3.63, 3.8) is 0 Å². The topological polar surface area (TPSA) is 149 Å². The van der Waals surface area contributed by atoms with Crippen molar-refractivity contribution in [1.29, 1.82) is 0 Å². The van der Waals surface area contributed by atoms with Crippen molar-refractivity contribution < 1.29 is 14.3 Å². The van der Waals surface area contributed by atoms with Crippen LogP contribution in [0.3, 0.4) is 0 Å². The van der Waals surface area contributed by atoms with Gasteiger partial charge in [-0.05, 0) is 56.8 Å². The summed E-state index contributed by atoms with van der Waals surface area (Å²) in [5.41, 5.74) is 18.6.